The Bertz CT molecular complexity index is 1540. The number of hydrogen-bond acceptors (Lipinski definition) is 5. The van der Waals surface area contributed by atoms with Crippen molar-refractivity contribution in [3.63, 3.8) is 0 Å². The van der Waals surface area contributed by atoms with Crippen LogP contribution in [0, 0.1) is 0 Å². The fourth-order valence-electron chi connectivity index (χ4n) is 6.30. The maximum absolute atomic E-state index is 12.3. The summed E-state index contributed by atoms with van der Waals surface area (Å²) < 4.78 is 53.4. The molecule has 5 rings (SSSR count). The lowest BCUT2D eigenvalue weighted by molar-refractivity contribution is 0.0834. The molecule has 0 saturated carbocycles. The van der Waals surface area contributed by atoms with Gasteiger partial charge in [0.2, 0.25) is 0 Å². The highest BCUT2D eigenvalue weighted by molar-refractivity contribution is 7.86. The lowest BCUT2D eigenvalue weighted by Gasteiger charge is -2.39. The van der Waals surface area contributed by atoms with Crippen LogP contribution >= 0.6 is 0 Å². The summed E-state index contributed by atoms with van der Waals surface area (Å²) in [5.41, 5.74) is 5.12. The normalized spacial score (nSPS) is 23.9. The Balaban J connectivity index is 1.62. The van der Waals surface area contributed by atoms with Crippen molar-refractivity contribution in [2.24, 2.45) is 0 Å². The molecule has 0 radical (unpaired) electrons. The lowest BCUT2D eigenvalue weighted by Crippen LogP contribution is -2.37. The standard InChI is InChI=1S/C32H36O6S/c1-7-16-36-30-21(3)29(39(33,34)35)20(2)18-32(30,6)26-11-9-8-10-24(26)23-17-22-12-13-27-25(28(22)37-19-23)14-15-31(4,5)38-27/h7-13,17-18,29H,1,14-16,19H2,2-6H3,(H,33,34,35). The monoisotopic (exact) mass is 548 g/mol. The molecule has 7 heteroatoms. The van der Waals surface area contributed by atoms with Crippen LogP contribution in [0.4, 0.5) is 0 Å². The molecule has 0 saturated heterocycles. The summed E-state index contributed by atoms with van der Waals surface area (Å²) in [6.45, 7) is 14.0. The fraction of sp³-hybridized carbons (Fsp3) is 0.375. The molecule has 0 spiro atoms. The minimum Gasteiger partial charge on any atom is -0.493 e. The van der Waals surface area contributed by atoms with Gasteiger partial charge < -0.3 is 14.2 Å². The predicted molar refractivity (Wildman–Crippen MR) is 155 cm³/mol. The molecule has 2 atom stereocenters. The van der Waals surface area contributed by atoms with E-state index in [9.17, 15) is 13.0 Å². The quantitative estimate of drug-likeness (QED) is 0.321. The molecular formula is C32H36O6S. The predicted octanol–water partition coefficient (Wildman–Crippen LogP) is 6.67. The first-order valence-corrected chi connectivity index (χ1v) is 14.7. The number of fused-ring (bicyclic) bond motifs is 3. The summed E-state index contributed by atoms with van der Waals surface area (Å²) in [5, 5.41) is -1.15. The third-order valence-electron chi connectivity index (χ3n) is 7.94. The van der Waals surface area contributed by atoms with Crippen molar-refractivity contribution in [1.82, 2.24) is 0 Å². The van der Waals surface area contributed by atoms with Gasteiger partial charge in [0.15, 0.2) is 0 Å². The molecule has 39 heavy (non-hydrogen) atoms. The SMILES string of the molecule is C=CCOC1=C(C)C(S(=O)(=O)O)C(C)=CC1(C)c1ccccc1C1=Cc2ccc3c(c2OC1)CCC(C)(C)O3. The Morgan fingerprint density at radius 1 is 1.15 bits per heavy atom. The number of allylic oxidation sites excluding steroid dienone is 1. The van der Waals surface area contributed by atoms with Gasteiger partial charge in [0.1, 0.15) is 41.3 Å². The van der Waals surface area contributed by atoms with Gasteiger partial charge in [-0.1, -0.05) is 48.6 Å². The smallest absolute Gasteiger partial charge is 0.275 e. The van der Waals surface area contributed by atoms with Gasteiger partial charge in [-0.15, -0.1) is 0 Å². The summed E-state index contributed by atoms with van der Waals surface area (Å²) in [7, 11) is -4.37. The first-order chi connectivity index (χ1) is 18.4. The van der Waals surface area contributed by atoms with Gasteiger partial charge >= 0.3 is 0 Å². The van der Waals surface area contributed by atoms with Gasteiger partial charge in [0.25, 0.3) is 10.1 Å². The minimum atomic E-state index is -4.37. The molecule has 0 amide bonds. The zero-order valence-electron chi connectivity index (χ0n) is 23.2. The second-order valence-electron chi connectivity index (χ2n) is 11.4. The second-order valence-corrected chi connectivity index (χ2v) is 12.9. The van der Waals surface area contributed by atoms with E-state index in [0.717, 1.165) is 52.2 Å². The molecule has 2 unspecified atom stereocenters. The van der Waals surface area contributed by atoms with Crippen LogP contribution in [-0.4, -0.2) is 37.0 Å². The Morgan fingerprint density at radius 2 is 1.90 bits per heavy atom. The molecule has 0 bridgehead atoms. The molecule has 0 aromatic heterocycles. The van der Waals surface area contributed by atoms with Crippen molar-refractivity contribution in [3.05, 3.63) is 94.3 Å². The highest BCUT2D eigenvalue weighted by Gasteiger charge is 2.44. The van der Waals surface area contributed by atoms with E-state index in [1.165, 1.54) is 0 Å². The molecule has 0 fully saturated rings. The number of hydrogen-bond donors (Lipinski definition) is 1. The molecule has 2 aliphatic heterocycles. The number of rotatable bonds is 6. The van der Waals surface area contributed by atoms with E-state index in [0.29, 0.717) is 23.5 Å². The molecule has 2 aromatic carbocycles. The van der Waals surface area contributed by atoms with E-state index in [4.69, 9.17) is 14.2 Å². The third kappa shape index (κ3) is 4.83. The average Bonchev–Trinajstić information content (AvgIpc) is 2.86. The van der Waals surface area contributed by atoms with E-state index < -0.39 is 20.8 Å². The van der Waals surface area contributed by atoms with Crippen LogP contribution in [0.3, 0.4) is 0 Å². The van der Waals surface area contributed by atoms with Crippen LogP contribution in [0.5, 0.6) is 11.5 Å². The molecular weight excluding hydrogens is 512 g/mol. The van der Waals surface area contributed by atoms with Gasteiger partial charge in [0.05, 0.1) is 5.41 Å². The van der Waals surface area contributed by atoms with Crippen molar-refractivity contribution < 1.29 is 27.2 Å². The van der Waals surface area contributed by atoms with E-state index in [1.807, 2.05) is 43.3 Å². The summed E-state index contributed by atoms with van der Waals surface area (Å²) in [6, 6.07) is 12.1. The summed E-state index contributed by atoms with van der Waals surface area (Å²) >= 11 is 0. The van der Waals surface area contributed by atoms with Crippen molar-refractivity contribution in [1.29, 1.82) is 0 Å². The van der Waals surface area contributed by atoms with E-state index in [2.05, 4.69) is 32.6 Å². The Hall–Kier alpha value is -3.29. The Morgan fingerprint density at radius 3 is 2.62 bits per heavy atom. The Kier molecular flexibility index (Phi) is 6.80. The van der Waals surface area contributed by atoms with Gasteiger partial charge in [-0.2, -0.15) is 8.42 Å². The highest BCUT2D eigenvalue weighted by Crippen LogP contribution is 2.48. The topological polar surface area (TPSA) is 82.1 Å². The number of ether oxygens (including phenoxy) is 3. The molecule has 1 aliphatic carbocycles. The van der Waals surface area contributed by atoms with Crippen molar-refractivity contribution in [2.45, 2.75) is 63.7 Å². The van der Waals surface area contributed by atoms with Gasteiger partial charge in [-0.05, 0) is 87.9 Å². The van der Waals surface area contributed by atoms with E-state index >= 15 is 0 Å². The zero-order valence-corrected chi connectivity index (χ0v) is 24.0. The molecule has 3 aliphatic rings. The largest absolute Gasteiger partial charge is 0.493 e. The summed E-state index contributed by atoms with van der Waals surface area (Å²) in [5.74, 6) is 2.26. The van der Waals surface area contributed by atoms with Gasteiger partial charge in [0, 0.05) is 11.1 Å². The summed E-state index contributed by atoms with van der Waals surface area (Å²) in [6.07, 6.45) is 7.51. The minimum absolute atomic E-state index is 0.192. The summed E-state index contributed by atoms with van der Waals surface area (Å²) in [4.78, 5) is 0. The number of benzene rings is 2. The zero-order chi connectivity index (χ0) is 28.2. The van der Waals surface area contributed by atoms with E-state index in [-0.39, 0.29) is 12.2 Å². The van der Waals surface area contributed by atoms with Crippen LogP contribution < -0.4 is 9.47 Å². The Labute approximate surface area is 231 Å². The highest BCUT2D eigenvalue weighted by atomic mass is 32.2. The maximum atomic E-state index is 12.3. The first-order valence-electron chi connectivity index (χ1n) is 13.2. The lowest BCUT2D eigenvalue weighted by atomic mass is 9.71. The van der Waals surface area contributed by atoms with Crippen LogP contribution in [0.2, 0.25) is 0 Å². The maximum Gasteiger partial charge on any atom is 0.275 e. The van der Waals surface area contributed by atoms with Crippen LogP contribution in [0.15, 0.2) is 72.0 Å². The van der Waals surface area contributed by atoms with Gasteiger partial charge in [-0.3, -0.25) is 4.55 Å². The molecule has 2 aromatic rings. The molecule has 2 heterocycles. The van der Waals surface area contributed by atoms with Crippen molar-refractivity contribution in [3.8, 4) is 11.5 Å². The second kappa shape index (κ2) is 9.72. The molecule has 6 nitrogen and oxygen atoms in total. The van der Waals surface area contributed by atoms with Crippen LogP contribution in [0.1, 0.15) is 63.3 Å². The van der Waals surface area contributed by atoms with E-state index in [1.54, 1.807) is 19.9 Å². The van der Waals surface area contributed by atoms with Crippen molar-refractivity contribution >= 4 is 21.8 Å². The van der Waals surface area contributed by atoms with Crippen LogP contribution in [-0.2, 0) is 26.7 Å². The third-order valence-corrected chi connectivity index (χ3v) is 9.26. The first kappa shape index (κ1) is 27.3. The molecule has 206 valence electrons. The molecule has 1 N–H and O–H groups in total. The van der Waals surface area contributed by atoms with Crippen LogP contribution in [0.25, 0.3) is 11.6 Å². The average molecular weight is 549 g/mol. The fourth-order valence-corrected chi connectivity index (χ4v) is 7.39. The van der Waals surface area contributed by atoms with Gasteiger partial charge in [-0.25, -0.2) is 0 Å². The van der Waals surface area contributed by atoms with Crippen molar-refractivity contribution in [2.75, 3.05) is 13.2 Å².